The van der Waals surface area contributed by atoms with Gasteiger partial charge in [-0.2, -0.15) is 10.2 Å². The maximum atomic E-state index is 12.5. The van der Waals surface area contributed by atoms with Gasteiger partial charge in [0.1, 0.15) is 6.54 Å². The van der Waals surface area contributed by atoms with Crippen LogP contribution in [0.15, 0.2) is 18.6 Å². The van der Waals surface area contributed by atoms with E-state index in [-0.39, 0.29) is 24.5 Å². The van der Waals surface area contributed by atoms with Gasteiger partial charge < -0.3 is 15.1 Å². The first-order valence-electron chi connectivity index (χ1n) is 8.19. The summed E-state index contributed by atoms with van der Waals surface area (Å²) >= 11 is 0. The first-order chi connectivity index (χ1) is 11.9. The number of aromatic nitrogens is 4. The average Bonchev–Trinajstić information content (AvgIpc) is 3.14. The lowest BCUT2D eigenvalue weighted by Gasteiger charge is -2.34. The third-order valence-corrected chi connectivity index (χ3v) is 4.59. The summed E-state index contributed by atoms with van der Waals surface area (Å²) in [7, 11) is 3.67. The molecule has 0 radical (unpaired) electrons. The Morgan fingerprint density at radius 1 is 1.24 bits per heavy atom. The summed E-state index contributed by atoms with van der Waals surface area (Å²) in [6, 6.07) is -0.414. The first kappa shape index (κ1) is 17.0. The van der Waals surface area contributed by atoms with Crippen LogP contribution in [0.2, 0.25) is 0 Å². The Balaban J connectivity index is 1.61. The zero-order valence-corrected chi connectivity index (χ0v) is 14.9. The molecular weight excluding hydrogens is 322 g/mol. The number of carbonyl (C=O) groups is 2. The fourth-order valence-corrected chi connectivity index (χ4v) is 2.96. The number of carbonyl (C=O) groups excluding carboxylic acids is 2. The van der Waals surface area contributed by atoms with Crippen molar-refractivity contribution in [2.75, 3.05) is 24.5 Å². The fourth-order valence-electron chi connectivity index (χ4n) is 2.96. The standard InChI is InChI=1S/C16H23N7O2/c1-11(14-8-18-21(4)12(14)2)19-16(25)22-5-6-23(15(24)10-22)13-7-17-20(3)9-13/h7-9,11H,5-6,10H2,1-4H3,(H,19,25)/t11-/m1/s1. The molecule has 3 rings (SSSR count). The van der Waals surface area contributed by atoms with Crippen LogP contribution < -0.4 is 10.2 Å². The molecule has 0 unspecified atom stereocenters. The smallest absolute Gasteiger partial charge is 0.318 e. The van der Waals surface area contributed by atoms with Crippen LogP contribution in [0.1, 0.15) is 24.2 Å². The third-order valence-electron chi connectivity index (χ3n) is 4.59. The molecule has 3 amide bonds. The summed E-state index contributed by atoms with van der Waals surface area (Å²) in [6.45, 7) is 4.86. The van der Waals surface area contributed by atoms with Gasteiger partial charge in [-0.3, -0.25) is 14.2 Å². The van der Waals surface area contributed by atoms with Crippen molar-refractivity contribution in [3.05, 3.63) is 29.8 Å². The Bertz CT molecular complexity index is 794. The van der Waals surface area contributed by atoms with E-state index < -0.39 is 0 Å². The molecule has 1 fully saturated rings. The summed E-state index contributed by atoms with van der Waals surface area (Å²) in [5, 5.41) is 11.2. The molecule has 1 N–H and O–H groups in total. The summed E-state index contributed by atoms with van der Waals surface area (Å²) in [5.74, 6) is -0.111. The van der Waals surface area contributed by atoms with Crippen LogP contribution in [0.25, 0.3) is 0 Å². The minimum atomic E-state index is -0.241. The zero-order chi connectivity index (χ0) is 18.1. The highest BCUT2D eigenvalue weighted by atomic mass is 16.2. The van der Waals surface area contributed by atoms with E-state index in [1.54, 1.807) is 39.9 Å². The van der Waals surface area contributed by atoms with E-state index in [0.717, 1.165) is 16.9 Å². The van der Waals surface area contributed by atoms with Crippen molar-refractivity contribution in [3.8, 4) is 0 Å². The number of hydrogen-bond donors (Lipinski definition) is 1. The molecule has 0 aromatic carbocycles. The van der Waals surface area contributed by atoms with Crippen molar-refractivity contribution in [2.45, 2.75) is 19.9 Å². The highest BCUT2D eigenvalue weighted by Gasteiger charge is 2.29. The summed E-state index contributed by atoms with van der Waals surface area (Å²) in [4.78, 5) is 28.1. The van der Waals surface area contributed by atoms with Crippen molar-refractivity contribution in [2.24, 2.45) is 14.1 Å². The molecular formula is C16H23N7O2. The van der Waals surface area contributed by atoms with Crippen molar-refractivity contribution in [1.82, 2.24) is 29.8 Å². The highest BCUT2D eigenvalue weighted by molar-refractivity contribution is 5.97. The molecule has 1 aliphatic rings. The predicted molar refractivity (Wildman–Crippen MR) is 92.0 cm³/mol. The topological polar surface area (TPSA) is 88.3 Å². The Kier molecular flexibility index (Phi) is 4.47. The largest absolute Gasteiger partial charge is 0.331 e. The van der Waals surface area contributed by atoms with E-state index in [0.29, 0.717) is 13.1 Å². The molecule has 0 aliphatic carbocycles. The van der Waals surface area contributed by atoms with Gasteiger partial charge in [0.2, 0.25) is 5.91 Å². The van der Waals surface area contributed by atoms with Gasteiger partial charge in [-0.05, 0) is 13.8 Å². The van der Waals surface area contributed by atoms with E-state index in [9.17, 15) is 9.59 Å². The van der Waals surface area contributed by atoms with Gasteiger partial charge in [-0.1, -0.05) is 0 Å². The fraction of sp³-hybridized carbons (Fsp3) is 0.500. The number of aryl methyl sites for hydroxylation is 2. The lowest BCUT2D eigenvalue weighted by atomic mass is 10.1. The minimum absolute atomic E-state index is 0.0550. The van der Waals surface area contributed by atoms with Gasteiger partial charge in [0.25, 0.3) is 0 Å². The van der Waals surface area contributed by atoms with Crippen LogP contribution in [-0.4, -0.2) is 56.0 Å². The Hall–Kier alpha value is -2.84. The van der Waals surface area contributed by atoms with Crippen LogP contribution in [0.3, 0.4) is 0 Å². The summed E-state index contributed by atoms with van der Waals surface area (Å²) in [6.07, 6.45) is 5.20. The van der Waals surface area contributed by atoms with Crippen molar-refractivity contribution in [3.63, 3.8) is 0 Å². The molecule has 3 heterocycles. The third kappa shape index (κ3) is 3.35. The van der Waals surface area contributed by atoms with Gasteiger partial charge in [0, 0.05) is 44.6 Å². The molecule has 0 bridgehead atoms. The predicted octanol–water partition coefficient (Wildman–Crippen LogP) is 0.581. The SMILES string of the molecule is Cc1c([C@@H](C)NC(=O)N2CCN(c3cnn(C)c3)C(=O)C2)cnn1C. The second kappa shape index (κ2) is 6.58. The van der Waals surface area contributed by atoms with Gasteiger partial charge >= 0.3 is 6.03 Å². The molecule has 0 saturated carbocycles. The number of rotatable bonds is 3. The monoisotopic (exact) mass is 345 g/mol. The number of hydrogen-bond acceptors (Lipinski definition) is 4. The van der Waals surface area contributed by atoms with Crippen molar-refractivity contribution < 1.29 is 9.59 Å². The van der Waals surface area contributed by atoms with Gasteiger partial charge in [-0.15, -0.1) is 0 Å². The molecule has 0 spiro atoms. The van der Waals surface area contributed by atoms with Gasteiger partial charge in [0.15, 0.2) is 0 Å². The number of anilines is 1. The average molecular weight is 345 g/mol. The summed E-state index contributed by atoms with van der Waals surface area (Å²) in [5.41, 5.74) is 2.73. The van der Waals surface area contributed by atoms with E-state index in [1.165, 1.54) is 4.90 Å². The van der Waals surface area contributed by atoms with Crippen LogP contribution in [0, 0.1) is 6.92 Å². The van der Waals surface area contributed by atoms with Crippen LogP contribution in [0.5, 0.6) is 0 Å². The van der Waals surface area contributed by atoms with Gasteiger partial charge in [-0.25, -0.2) is 4.79 Å². The molecule has 1 saturated heterocycles. The molecule has 25 heavy (non-hydrogen) atoms. The van der Waals surface area contributed by atoms with Gasteiger partial charge in [0.05, 0.1) is 24.1 Å². The van der Waals surface area contributed by atoms with Crippen molar-refractivity contribution in [1.29, 1.82) is 0 Å². The highest BCUT2D eigenvalue weighted by Crippen LogP contribution is 2.18. The van der Waals surface area contributed by atoms with Crippen molar-refractivity contribution >= 4 is 17.6 Å². The Morgan fingerprint density at radius 2 is 2.00 bits per heavy atom. The number of nitrogens with zero attached hydrogens (tertiary/aromatic N) is 6. The van der Waals surface area contributed by atoms with E-state index in [1.807, 2.05) is 20.9 Å². The number of piperazine rings is 1. The second-order valence-corrected chi connectivity index (χ2v) is 6.32. The molecule has 2 aromatic heterocycles. The Morgan fingerprint density at radius 3 is 2.56 bits per heavy atom. The molecule has 1 aliphatic heterocycles. The Labute approximate surface area is 146 Å². The quantitative estimate of drug-likeness (QED) is 0.881. The first-order valence-corrected chi connectivity index (χ1v) is 8.19. The number of urea groups is 1. The molecule has 134 valence electrons. The van der Waals surface area contributed by atoms with Crippen LogP contribution >= 0.6 is 0 Å². The van der Waals surface area contributed by atoms with E-state index in [2.05, 4.69) is 15.5 Å². The maximum Gasteiger partial charge on any atom is 0.318 e. The maximum absolute atomic E-state index is 12.5. The van der Waals surface area contributed by atoms with E-state index in [4.69, 9.17) is 0 Å². The zero-order valence-electron chi connectivity index (χ0n) is 14.9. The number of amides is 3. The molecule has 9 heteroatoms. The molecule has 2 aromatic rings. The van der Waals surface area contributed by atoms with E-state index >= 15 is 0 Å². The van der Waals surface area contributed by atoms with Crippen LogP contribution in [0.4, 0.5) is 10.5 Å². The lowest BCUT2D eigenvalue weighted by molar-refractivity contribution is -0.120. The molecule has 9 nitrogen and oxygen atoms in total. The number of nitrogens with one attached hydrogen (secondary N) is 1. The molecule has 1 atom stereocenters. The second-order valence-electron chi connectivity index (χ2n) is 6.32. The minimum Gasteiger partial charge on any atom is -0.331 e. The summed E-state index contributed by atoms with van der Waals surface area (Å²) < 4.78 is 3.42. The lowest BCUT2D eigenvalue weighted by Crippen LogP contribution is -2.55. The normalized spacial score (nSPS) is 16.2. The van der Waals surface area contributed by atoms with Crippen LogP contribution in [-0.2, 0) is 18.9 Å².